The summed E-state index contributed by atoms with van der Waals surface area (Å²) in [7, 11) is 0. The number of amides is 3. The molecule has 22 heavy (non-hydrogen) atoms. The van der Waals surface area contributed by atoms with Gasteiger partial charge in [0, 0.05) is 0 Å². The number of carbonyl (C=O) groups excluding carboxylic acids is 3. The molecule has 1 aliphatic rings. The molecule has 1 N–H and O–H groups in total. The average Bonchev–Trinajstić information content (AvgIpc) is 2.93. The summed E-state index contributed by atoms with van der Waals surface area (Å²) in [6, 6.07) is 7.50. The zero-order valence-corrected chi connectivity index (χ0v) is 11.9. The third-order valence-corrected chi connectivity index (χ3v) is 2.96. The van der Waals surface area contributed by atoms with E-state index in [0.29, 0.717) is 0 Å². The number of ether oxygens (including phenoxy) is 2. The zero-order chi connectivity index (χ0) is 15.9. The Balaban J connectivity index is 1.86. The van der Waals surface area contributed by atoms with Crippen molar-refractivity contribution in [3.63, 3.8) is 0 Å². The van der Waals surface area contributed by atoms with Gasteiger partial charge in [0.05, 0.1) is 6.54 Å². The van der Waals surface area contributed by atoms with Crippen LogP contribution in [0.3, 0.4) is 0 Å². The molecule has 1 aromatic rings. The number of benzene rings is 1. The standard InChI is InChI=1S/C15H16N2O5/c1-2-8-21-13(18)12-9-17(14(19)16-12)15(20)22-10-11-6-4-3-5-7-11/h2-7,12H,1,8-10H2,(H,16,19)/t12-/m0/s1. The van der Waals surface area contributed by atoms with Crippen LogP contribution in [0.1, 0.15) is 5.56 Å². The Morgan fingerprint density at radius 3 is 2.73 bits per heavy atom. The van der Waals surface area contributed by atoms with Crippen LogP contribution in [0.4, 0.5) is 9.59 Å². The Morgan fingerprint density at radius 1 is 1.32 bits per heavy atom. The first-order chi connectivity index (χ1) is 10.6. The number of hydrogen-bond donors (Lipinski definition) is 1. The van der Waals surface area contributed by atoms with Gasteiger partial charge >= 0.3 is 18.1 Å². The monoisotopic (exact) mass is 304 g/mol. The number of hydrogen-bond acceptors (Lipinski definition) is 5. The van der Waals surface area contributed by atoms with Crippen molar-refractivity contribution >= 4 is 18.1 Å². The molecule has 0 radical (unpaired) electrons. The Morgan fingerprint density at radius 2 is 2.05 bits per heavy atom. The summed E-state index contributed by atoms with van der Waals surface area (Å²) in [5.74, 6) is -0.619. The lowest BCUT2D eigenvalue weighted by atomic mass is 10.2. The van der Waals surface area contributed by atoms with Gasteiger partial charge in [0.1, 0.15) is 19.3 Å². The molecule has 0 aliphatic carbocycles. The van der Waals surface area contributed by atoms with Gasteiger partial charge in [-0.1, -0.05) is 43.0 Å². The van der Waals surface area contributed by atoms with E-state index in [1.165, 1.54) is 6.08 Å². The Bertz CT molecular complexity index is 573. The van der Waals surface area contributed by atoms with Gasteiger partial charge in [-0.2, -0.15) is 0 Å². The summed E-state index contributed by atoms with van der Waals surface area (Å²) in [5.41, 5.74) is 0.803. The Kier molecular flexibility index (Phi) is 5.13. The molecule has 0 bridgehead atoms. The second kappa shape index (κ2) is 7.26. The Hall–Kier alpha value is -2.83. The largest absolute Gasteiger partial charge is 0.460 e. The van der Waals surface area contributed by atoms with Crippen molar-refractivity contribution in [1.82, 2.24) is 10.2 Å². The van der Waals surface area contributed by atoms with E-state index in [4.69, 9.17) is 9.47 Å². The first-order valence-electron chi connectivity index (χ1n) is 6.68. The summed E-state index contributed by atoms with van der Waals surface area (Å²) >= 11 is 0. The number of imide groups is 1. The van der Waals surface area contributed by atoms with E-state index >= 15 is 0 Å². The van der Waals surface area contributed by atoms with E-state index in [0.717, 1.165) is 10.5 Å². The quantitative estimate of drug-likeness (QED) is 0.657. The second-order valence-electron chi connectivity index (χ2n) is 4.57. The normalized spacial score (nSPS) is 16.8. The van der Waals surface area contributed by atoms with Crippen LogP contribution in [0.15, 0.2) is 43.0 Å². The lowest BCUT2D eigenvalue weighted by Gasteiger charge is -2.12. The molecule has 0 unspecified atom stereocenters. The molecule has 7 heteroatoms. The number of esters is 1. The number of nitrogens with zero attached hydrogens (tertiary/aromatic N) is 1. The van der Waals surface area contributed by atoms with Crippen molar-refractivity contribution < 1.29 is 23.9 Å². The summed E-state index contributed by atoms with van der Waals surface area (Å²) in [6.07, 6.45) is 0.612. The molecule has 1 aliphatic heterocycles. The van der Waals surface area contributed by atoms with Gasteiger partial charge in [0.25, 0.3) is 0 Å². The van der Waals surface area contributed by atoms with Gasteiger partial charge in [-0.15, -0.1) is 0 Å². The molecule has 0 saturated carbocycles. The van der Waals surface area contributed by atoms with E-state index in [1.807, 2.05) is 18.2 Å². The van der Waals surface area contributed by atoms with Crippen molar-refractivity contribution in [2.24, 2.45) is 0 Å². The van der Waals surface area contributed by atoms with Gasteiger partial charge in [-0.05, 0) is 5.56 Å². The molecule has 0 spiro atoms. The van der Waals surface area contributed by atoms with Gasteiger partial charge in [0.15, 0.2) is 0 Å². The van der Waals surface area contributed by atoms with Gasteiger partial charge in [0.2, 0.25) is 0 Å². The minimum atomic E-state index is -0.892. The van der Waals surface area contributed by atoms with E-state index < -0.39 is 24.1 Å². The number of nitrogens with one attached hydrogen (secondary N) is 1. The SMILES string of the molecule is C=CCOC(=O)[C@@H]1CN(C(=O)OCc2ccccc2)C(=O)N1. The van der Waals surface area contributed by atoms with Crippen LogP contribution in [0.2, 0.25) is 0 Å². The smallest absolute Gasteiger partial charge is 0.418 e. The van der Waals surface area contributed by atoms with Crippen LogP contribution < -0.4 is 5.32 Å². The summed E-state index contributed by atoms with van der Waals surface area (Å²) in [5, 5.41) is 2.37. The third kappa shape index (κ3) is 3.85. The summed E-state index contributed by atoms with van der Waals surface area (Å²) in [4.78, 5) is 36.1. The van der Waals surface area contributed by atoms with E-state index in [1.54, 1.807) is 12.1 Å². The first-order valence-corrected chi connectivity index (χ1v) is 6.68. The fourth-order valence-electron chi connectivity index (χ4n) is 1.87. The van der Waals surface area contributed by atoms with Crippen LogP contribution in [-0.2, 0) is 20.9 Å². The predicted molar refractivity (Wildman–Crippen MR) is 76.8 cm³/mol. The topological polar surface area (TPSA) is 84.9 Å². The van der Waals surface area contributed by atoms with E-state index in [2.05, 4.69) is 11.9 Å². The fraction of sp³-hybridized carbons (Fsp3) is 0.267. The molecule has 1 aromatic carbocycles. The van der Waals surface area contributed by atoms with E-state index in [-0.39, 0.29) is 19.8 Å². The highest BCUT2D eigenvalue weighted by atomic mass is 16.6. The second-order valence-corrected chi connectivity index (χ2v) is 4.57. The first kappa shape index (κ1) is 15.6. The number of rotatable bonds is 5. The summed E-state index contributed by atoms with van der Waals surface area (Å²) < 4.78 is 9.88. The molecule has 1 heterocycles. The van der Waals surface area contributed by atoms with Crippen LogP contribution >= 0.6 is 0 Å². The molecular formula is C15H16N2O5. The molecule has 2 rings (SSSR count). The van der Waals surface area contributed by atoms with Crippen molar-refractivity contribution in [2.45, 2.75) is 12.6 Å². The average molecular weight is 304 g/mol. The summed E-state index contributed by atoms with van der Waals surface area (Å²) in [6.45, 7) is 3.39. The Labute approximate surface area is 127 Å². The highest BCUT2D eigenvalue weighted by Crippen LogP contribution is 2.09. The van der Waals surface area contributed by atoms with Crippen molar-refractivity contribution in [3.8, 4) is 0 Å². The lowest BCUT2D eigenvalue weighted by molar-refractivity contribution is -0.144. The molecule has 1 atom stereocenters. The molecular weight excluding hydrogens is 288 g/mol. The maximum atomic E-state index is 11.9. The fourth-order valence-corrected chi connectivity index (χ4v) is 1.87. The highest BCUT2D eigenvalue weighted by molar-refractivity contribution is 5.96. The van der Waals surface area contributed by atoms with Crippen molar-refractivity contribution in [2.75, 3.05) is 13.2 Å². The number of carbonyl (C=O) groups is 3. The zero-order valence-electron chi connectivity index (χ0n) is 11.9. The van der Waals surface area contributed by atoms with Crippen LogP contribution in [-0.4, -0.2) is 42.2 Å². The van der Waals surface area contributed by atoms with E-state index in [9.17, 15) is 14.4 Å². The van der Waals surface area contributed by atoms with Crippen LogP contribution in [0.25, 0.3) is 0 Å². The minimum Gasteiger partial charge on any atom is -0.460 e. The lowest BCUT2D eigenvalue weighted by Crippen LogP contribution is -2.35. The maximum absolute atomic E-state index is 11.9. The molecule has 1 fully saturated rings. The highest BCUT2D eigenvalue weighted by Gasteiger charge is 2.38. The number of urea groups is 1. The van der Waals surface area contributed by atoms with Gasteiger partial charge < -0.3 is 14.8 Å². The third-order valence-electron chi connectivity index (χ3n) is 2.96. The maximum Gasteiger partial charge on any atom is 0.418 e. The molecule has 3 amide bonds. The van der Waals surface area contributed by atoms with Crippen LogP contribution in [0, 0.1) is 0 Å². The molecule has 7 nitrogen and oxygen atoms in total. The van der Waals surface area contributed by atoms with Crippen molar-refractivity contribution in [1.29, 1.82) is 0 Å². The van der Waals surface area contributed by atoms with Crippen LogP contribution in [0.5, 0.6) is 0 Å². The molecule has 1 saturated heterocycles. The molecule has 0 aromatic heterocycles. The molecule has 116 valence electrons. The van der Waals surface area contributed by atoms with Crippen molar-refractivity contribution in [3.05, 3.63) is 48.6 Å². The van der Waals surface area contributed by atoms with Gasteiger partial charge in [-0.25, -0.2) is 19.3 Å². The van der Waals surface area contributed by atoms with Gasteiger partial charge in [-0.3, -0.25) is 0 Å². The minimum absolute atomic E-state index is 0.0453. The predicted octanol–water partition coefficient (Wildman–Crippen LogP) is 1.45.